The molecule has 132 valence electrons. The lowest BCUT2D eigenvalue weighted by Gasteiger charge is -2.26. The summed E-state index contributed by atoms with van der Waals surface area (Å²) in [6.07, 6.45) is 4.60. The molecule has 0 radical (unpaired) electrons. The Morgan fingerprint density at radius 3 is 3.00 bits per heavy atom. The van der Waals surface area contributed by atoms with E-state index in [1.165, 1.54) is 5.56 Å². The maximum absolute atomic E-state index is 12.6. The topological polar surface area (TPSA) is 85.8 Å². The van der Waals surface area contributed by atoms with Gasteiger partial charge in [0.15, 0.2) is 5.69 Å². The van der Waals surface area contributed by atoms with Crippen molar-refractivity contribution in [2.75, 3.05) is 5.73 Å². The second-order valence-corrected chi connectivity index (χ2v) is 6.76. The molecule has 0 aliphatic heterocycles. The van der Waals surface area contributed by atoms with Gasteiger partial charge < -0.3 is 11.1 Å². The Hall–Kier alpha value is -3.15. The molecule has 0 saturated carbocycles. The van der Waals surface area contributed by atoms with E-state index >= 15 is 0 Å². The normalized spacial score (nSPS) is 16.1. The minimum Gasteiger partial charge on any atom is -0.399 e. The van der Waals surface area contributed by atoms with Crippen molar-refractivity contribution in [1.82, 2.24) is 20.3 Å². The van der Waals surface area contributed by atoms with Gasteiger partial charge in [0.2, 0.25) is 0 Å². The SMILES string of the molecule is Cc1cccc(-n2cc(C(=O)NC3CCCc4cc(N)ccc43)nn2)c1. The number of amides is 1. The molecule has 3 N–H and O–H groups in total. The summed E-state index contributed by atoms with van der Waals surface area (Å²) in [4.78, 5) is 12.6. The molecule has 3 aromatic rings. The Balaban J connectivity index is 1.53. The molecule has 2 aromatic carbocycles. The summed E-state index contributed by atoms with van der Waals surface area (Å²) < 4.78 is 1.62. The molecule has 0 bridgehead atoms. The zero-order valence-electron chi connectivity index (χ0n) is 14.6. The number of nitrogens with two attached hydrogens (primary N) is 1. The molecule has 0 saturated heterocycles. The van der Waals surface area contributed by atoms with E-state index in [0.717, 1.165) is 41.8 Å². The van der Waals surface area contributed by atoms with Crippen LogP contribution in [0.4, 0.5) is 5.69 Å². The lowest BCUT2D eigenvalue weighted by molar-refractivity contribution is 0.0927. The average molecular weight is 347 g/mol. The van der Waals surface area contributed by atoms with Gasteiger partial charge in [-0.15, -0.1) is 5.10 Å². The van der Waals surface area contributed by atoms with Crippen molar-refractivity contribution in [2.45, 2.75) is 32.2 Å². The van der Waals surface area contributed by atoms with Gasteiger partial charge >= 0.3 is 0 Å². The van der Waals surface area contributed by atoms with Crippen molar-refractivity contribution in [3.05, 3.63) is 71.0 Å². The predicted molar refractivity (Wildman–Crippen MR) is 100 cm³/mol. The molecular formula is C20H21N5O. The molecule has 1 aliphatic carbocycles. The van der Waals surface area contributed by atoms with Crippen LogP contribution in [-0.4, -0.2) is 20.9 Å². The van der Waals surface area contributed by atoms with E-state index in [2.05, 4.69) is 15.6 Å². The number of hydrogen-bond acceptors (Lipinski definition) is 4. The number of nitrogens with zero attached hydrogens (tertiary/aromatic N) is 3. The molecule has 4 rings (SSSR count). The number of hydrogen-bond donors (Lipinski definition) is 2. The summed E-state index contributed by atoms with van der Waals surface area (Å²) in [6, 6.07) is 13.8. The molecule has 1 heterocycles. The number of rotatable bonds is 3. The van der Waals surface area contributed by atoms with Crippen LogP contribution in [0.5, 0.6) is 0 Å². The molecular weight excluding hydrogens is 326 g/mol. The van der Waals surface area contributed by atoms with Crippen molar-refractivity contribution < 1.29 is 4.79 Å². The fourth-order valence-electron chi connectivity index (χ4n) is 3.48. The third-order valence-electron chi connectivity index (χ3n) is 4.78. The monoisotopic (exact) mass is 347 g/mol. The van der Waals surface area contributed by atoms with E-state index in [1.807, 2.05) is 49.4 Å². The number of benzene rings is 2. The first kappa shape index (κ1) is 16.3. The number of carbonyl (C=O) groups excluding carboxylic acids is 1. The van der Waals surface area contributed by atoms with Crippen molar-refractivity contribution in [1.29, 1.82) is 0 Å². The molecule has 26 heavy (non-hydrogen) atoms. The predicted octanol–water partition coefficient (Wildman–Crippen LogP) is 2.97. The van der Waals surface area contributed by atoms with Gasteiger partial charge in [0.05, 0.1) is 17.9 Å². The molecule has 6 heteroatoms. The lowest BCUT2D eigenvalue weighted by Crippen LogP contribution is -2.31. The maximum atomic E-state index is 12.6. The zero-order chi connectivity index (χ0) is 18.1. The largest absolute Gasteiger partial charge is 0.399 e. The Morgan fingerprint density at radius 2 is 2.15 bits per heavy atom. The van der Waals surface area contributed by atoms with E-state index in [1.54, 1.807) is 10.9 Å². The van der Waals surface area contributed by atoms with Crippen molar-refractivity contribution >= 4 is 11.6 Å². The molecule has 1 atom stereocenters. The summed E-state index contributed by atoms with van der Waals surface area (Å²) in [5, 5.41) is 11.2. The Bertz CT molecular complexity index is 962. The van der Waals surface area contributed by atoms with Crippen LogP contribution in [0.25, 0.3) is 5.69 Å². The van der Waals surface area contributed by atoms with Crippen LogP contribution in [0.2, 0.25) is 0 Å². The van der Waals surface area contributed by atoms with Gasteiger partial charge in [-0.3, -0.25) is 4.79 Å². The standard InChI is InChI=1S/C20H21N5O/c1-13-4-2-6-16(10-13)25-12-19(23-24-25)20(26)22-18-7-3-5-14-11-15(21)8-9-17(14)18/h2,4,6,8-12,18H,3,5,7,21H2,1H3,(H,22,26). The van der Waals surface area contributed by atoms with E-state index in [9.17, 15) is 4.79 Å². The Kier molecular flexibility index (Phi) is 4.16. The van der Waals surface area contributed by atoms with Gasteiger partial charge in [0, 0.05) is 5.69 Å². The molecule has 0 fully saturated rings. The summed E-state index contributed by atoms with van der Waals surface area (Å²) >= 11 is 0. The van der Waals surface area contributed by atoms with Gasteiger partial charge in [-0.2, -0.15) is 0 Å². The first-order valence-corrected chi connectivity index (χ1v) is 8.79. The number of fused-ring (bicyclic) bond motifs is 1. The third-order valence-corrected chi connectivity index (χ3v) is 4.78. The van der Waals surface area contributed by atoms with Crippen LogP contribution in [0.1, 0.15) is 46.1 Å². The van der Waals surface area contributed by atoms with Crippen LogP contribution in [0.15, 0.2) is 48.7 Å². The third kappa shape index (κ3) is 3.18. The minimum atomic E-state index is -0.210. The number of anilines is 1. The molecule has 6 nitrogen and oxygen atoms in total. The van der Waals surface area contributed by atoms with E-state index in [0.29, 0.717) is 5.69 Å². The van der Waals surface area contributed by atoms with E-state index in [-0.39, 0.29) is 11.9 Å². The molecule has 1 aliphatic rings. The first-order valence-electron chi connectivity index (χ1n) is 8.79. The Labute approximate surface area is 152 Å². The fraction of sp³-hybridized carbons (Fsp3) is 0.250. The molecule has 1 aromatic heterocycles. The number of aromatic nitrogens is 3. The highest BCUT2D eigenvalue weighted by atomic mass is 16.2. The quantitative estimate of drug-likeness (QED) is 0.713. The highest BCUT2D eigenvalue weighted by molar-refractivity contribution is 5.92. The zero-order valence-corrected chi connectivity index (χ0v) is 14.6. The molecule has 0 spiro atoms. The fourth-order valence-corrected chi connectivity index (χ4v) is 3.48. The van der Waals surface area contributed by atoms with E-state index in [4.69, 9.17) is 5.73 Å². The molecule has 1 unspecified atom stereocenters. The second kappa shape index (κ2) is 6.63. The van der Waals surface area contributed by atoms with Crippen LogP contribution >= 0.6 is 0 Å². The van der Waals surface area contributed by atoms with Crippen LogP contribution in [0, 0.1) is 6.92 Å². The number of aryl methyl sites for hydroxylation is 2. The van der Waals surface area contributed by atoms with Crippen LogP contribution in [-0.2, 0) is 6.42 Å². The van der Waals surface area contributed by atoms with Gasteiger partial charge in [-0.05, 0) is 67.1 Å². The summed E-state index contributed by atoms with van der Waals surface area (Å²) in [7, 11) is 0. The second-order valence-electron chi connectivity index (χ2n) is 6.76. The van der Waals surface area contributed by atoms with Gasteiger partial charge in [0.1, 0.15) is 0 Å². The number of carbonyl (C=O) groups is 1. The van der Waals surface area contributed by atoms with Crippen molar-refractivity contribution in [2.24, 2.45) is 0 Å². The number of nitrogens with one attached hydrogen (secondary N) is 1. The van der Waals surface area contributed by atoms with Gasteiger partial charge in [-0.25, -0.2) is 4.68 Å². The summed E-state index contributed by atoms with van der Waals surface area (Å²) in [5.74, 6) is -0.210. The minimum absolute atomic E-state index is 0.0176. The molecule has 1 amide bonds. The van der Waals surface area contributed by atoms with Crippen LogP contribution < -0.4 is 11.1 Å². The van der Waals surface area contributed by atoms with Crippen LogP contribution in [0.3, 0.4) is 0 Å². The number of nitrogen functional groups attached to an aromatic ring is 1. The van der Waals surface area contributed by atoms with Crippen molar-refractivity contribution in [3.8, 4) is 5.69 Å². The van der Waals surface area contributed by atoms with Gasteiger partial charge in [0.25, 0.3) is 5.91 Å². The smallest absolute Gasteiger partial charge is 0.273 e. The lowest BCUT2D eigenvalue weighted by atomic mass is 9.87. The first-order chi connectivity index (χ1) is 12.6. The summed E-state index contributed by atoms with van der Waals surface area (Å²) in [5.41, 5.74) is 11.3. The highest BCUT2D eigenvalue weighted by Gasteiger charge is 2.23. The Morgan fingerprint density at radius 1 is 1.27 bits per heavy atom. The summed E-state index contributed by atoms with van der Waals surface area (Å²) in [6.45, 7) is 2.02. The average Bonchev–Trinajstić information content (AvgIpc) is 3.12. The van der Waals surface area contributed by atoms with E-state index < -0.39 is 0 Å². The van der Waals surface area contributed by atoms with Crippen molar-refractivity contribution in [3.63, 3.8) is 0 Å². The highest BCUT2D eigenvalue weighted by Crippen LogP contribution is 2.31. The van der Waals surface area contributed by atoms with Gasteiger partial charge in [-0.1, -0.05) is 23.4 Å². The maximum Gasteiger partial charge on any atom is 0.273 e.